The van der Waals surface area contributed by atoms with E-state index in [9.17, 15) is 4.79 Å². The first-order valence-electron chi connectivity index (χ1n) is 11.2. The molecule has 0 spiro atoms. The molecule has 30 heavy (non-hydrogen) atoms. The maximum atomic E-state index is 11.5. The highest BCUT2D eigenvalue weighted by molar-refractivity contribution is 14.0. The molecule has 1 aliphatic carbocycles. The molecule has 3 rings (SSSR count). The smallest absolute Gasteiger partial charge is 0.219 e. The molecule has 1 saturated carbocycles. The molecule has 2 aliphatic rings. The molecule has 7 heteroatoms. The van der Waals surface area contributed by atoms with Gasteiger partial charge in [0.2, 0.25) is 5.91 Å². The number of aliphatic imine (C=N–C) groups is 1. The number of halogens is 1. The van der Waals surface area contributed by atoms with Crippen LogP contribution < -0.4 is 10.2 Å². The highest BCUT2D eigenvalue weighted by atomic mass is 127. The Morgan fingerprint density at radius 3 is 2.23 bits per heavy atom. The maximum absolute atomic E-state index is 11.5. The van der Waals surface area contributed by atoms with Crippen molar-refractivity contribution in [1.82, 2.24) is 15.1 Å². The van der Waals surface area contributed by atoms with Gasteiger partial charge in [0.05, 0.1) is 6.54 Å². The summed E-state index contributed by atoms with van der Waals surface area (Å²) in [7, 11) is 2.23. The minimum atomic E-state index is 0. The Morgan fingerprint density at radius 1 is 1.07 bits per heavy atom. The number of carbonyl (C=O) groups is 1. The summed E-state index contributed by atoms with van der Waals surface area (Å²) >= 11 is 0. The number of carbonyl (C=O) groups excluding carboxylic acids is 1. The van der Waals surface area contributed by atoms with Crippen LogP contribution in [0.25, 0.3) is 0 Å². The number of guanidine groups is 1. The van der Waals surface area contributed by atoms with Crippen LogP contribution in [0, 0.1) is 0 Å². The number of nitrogens with one attached hydrogen (secondary N) is 1. The SMILES string of the molecule is CCNC(=NCc1ccc(N(C)C2CCCCC2)cc1)N1CCN(C(C)=O)CC1.I. The van der Waals surface area contributed by atoms with Gasteiger partial charge in [0, 0.05) is 58.4 Å². The van der Waals surface area contributed by atoms with Gasteiger partial charge in [0.1, 0.15) is 0 Å². The Hall–Kier alpha value is -1.51. The number of anilines is 1. The molecule has 0 bridgehead atoms. The van der Waals surface area contributed by atoms with Gasteiger partial charge in [0.15, 0.2) is 5.96 Å². The van der Waals surface area contributed by atoms with Crippen LogP contribution in [0.4, 0.5) is 5.69 Å². The third-order valence-electron chi connectivity index (χ3n) is 6.24. The van der Waals surface area contributed by atoms with Crippen molar-refractivity contribution >= 4 is 41.5 Å². The van der Waals surface area contributed by atoms with Gasteiger partial charge in [-0.05, 0) is 37.5 Å². The fourth-order valence-corrected chi connectivity index (χ4v) is 4.34. The molecule has 0 radical (unpaired) electrons. The molecule has 168 valence electrons. The number of hydrogen-bond acceptors (Lipinski definition) is 3. The quantitative estimate of drug-likeness (QED) is 0.361. The average molecular weight is 527 g/mol. The van der Waals surface area contributed by atoms with E-state index in [1.165, 1.54) is 43.4 Å². The summed E-state index contributed by atoms with van der Waals surface area (Å²) in [6, 6.07) is 9.56. The predicted octanol–water partition coefficient (Wildman–Crippen LogP) is 3.70. The fourth-order valence-electron chi connectivity index (χ4n) is 4.34. The normalized spacial score (nSPS) is 18.0. The van der Waals surface area contributed by atoms with Crippen molar-refractivity contribution in [3.05, 3.63) is 29.8 Å². The van der Waals surface area contributed by atoms with Crippen molar-refractivity contribution < 1.29 is 4.79 Å². The Kier molecular flexibility index (Phi) is 10.2. The summed E-state index contributed by atoms with van der Waals surface area (Å²) in [5, 5.41) is 3.40. The Labute approximate surface area is 199 Å². The van der Waals surface area contributed by atoms with Crippen LogP contribution >= 0.6 is 24.0 Å². The van der Waals surface area contributed by atoms with Crippen LogP contribution in [0.1, 0.15) is 51.5 Å². The van der Waals surface area contributed by atoms with Gasteiger partial charge >= 0.3 is 0 Å². The molecule has 0 unspecified atom stereocenters. The lowest BCUT2D eigenvalue weighted by atomic mass is 9.94. The first-order chi connectivity index (χ1) is 14.1. The van der Waals surface area contributed by atoms with E-state index in [1.807, 2.05) is 4.90 Å². The number of rotatable bonds is 5. The Bertz CT molecular complexity index is 679. The molecule has 1 aromatic carbocycles. The molecule has 1 saturated heterocycles. The van der Waals surface area contributed by atoms with Crippen molar-refractivity contribution in [2.24, 2.45) is 4.99 Å². The largest absolute Gasteiger partial charge is 0.372 e. The van der Waals surface area contributed by atoms with Crippen molar-refractivity contribution in [2.45, 2.75) is 58.5 Å². The molecule has 0 aromatic heterocycles. The number of piperazine rings is 1. The van der Waals surface area contributed by atoms with Crippen molar-refractivity contribution in [3.63, 3.8) is 0 Å². The molecule has 6 nitrogen and oxygen atoms in total. The van der Waals surface area contributed by atoms with Gasteiger partial charge in [-0.25, -0.2) is 4.99 Å². The van der Waals surface area contributed by atoms with Crippen molar-refractivity contribution in [2.75, 3.05) is 44.7 Å². The second kappa shape index (κ2) is 12.4. The lowest BCUT2D eigenvalue weighted by Gasteiger charge is -2.36. The van der Waals surface area contributed by atoms with Crippen LogP contribution in [0.3, 0.4) is 0 Å². The monoisotopic (exact) mass is 527 g/mol. The summed E-state index contributed by atoms with van der Waals surface area (Å²) in [4.78, 5) is 23.0. The molecule has 1 amide bonds. The summed E-state index contributed by atoms with van der Waals surface area (Å²) in [6.45, 7) is 8.44. The number of hydrogen-bond donors (Lipinski definition) is 1. The number of nitrogens with zero attached hydrogens (tertiary/aromatic N) is 4. The zero-order valence-electron chi connectivity index (χ0n) is 18.8. The molecule has 1 heterocycles. The summed E-state index contributed by atoms with van der Waals surface area (Å²) in [5.41, 5.74) is 2.53. The van der Waals surface area contributed by atoms with E-state index >= 15 is 0 Å². The standard InChI is InChI=1S/C23H37N5O.HI/c1-4-24-23(28-16-14-27(15-17-28)19(2)29)25-18-20-10-12-22(13-11-20)26(3)21-8-6-5-7-9-21;/h10-13,21H,4-9,14-18H2,1-3H3,(H,24,25);1H. The number of amides is 1. The lowest BCUT2D eigenvalue weighted by molar-refractivity contribution is -0.130. The molecule has 1 N–H and O–H groups in total. The zero-order chi connectivity index (χ0) is 20.6. The van der Waals surface area contributed by atoms with Crippen molar-refractivity contribution in [1.29, 1.82) is 0 Å². The molecule has 1 aliphatic heterocycles. The molecule has 1 aromatic rings. The lowest BCUT2D eigenvalue weighted by Crippen LogP contribution is -2.53. The highest BCUT2D eigenvalue weighted by Crippen LogP contribution is 2.26. The first kappa shape index (κ1) is 24.8. The first-order valence-corrected chi connectivity index (χ1v) is 11.2. The van der Waals surface area contributed by atoms with E-state index in [2.05, 4.69) is 53.4 Å². The van der Waals surface area contributed by atoms with Crippen LogP contribution in [0.15, 0.2) is 29.3 Å². The van der Waals surface area contributed by atoms with E-state index in [-0.39, 0.29) is 29.9 Å². The number of benzene rings is 1. The average Bonchev–Trinajstić information content (AvgIpc) is 2.77. The minimum Gasteiger partial charge on any atom is -0.372 e. The Morgan fingerprint density at radius 2 is 1.67 bits per heavy atom. The van der Waals surface area contributed by atoms with Crippen LogP contribution in [0.5, 0.6) is 0 Å². The maximum Gasteiger partial charge on any atom is 0.219 e. The zero-order valence-corrected chi connectivity index (χ0v) is 21.1. The molecular weight excluding hydrogens is 489 g/mol. The van der Waals surface area contributed by atoms with Crippen LogP contribution in [0.2, 0.25) is 0 Å². The molecule has 2 fully saturated rings. The predicted molar refractivity (Wildman–Crippen MR) is 136 cm³/mol. The van der Waals surface area contributed by atoms with Crippen LogP contribution in [-0.2, 0) is 11.3 Å². The fraction of sp³-hybridized carbons (Fsp3) is 0.652. The summed E-state index contributed by atoms with van der Waals surface area (Å²) in [5.74, 6) is 1.10. The third-order valence-corrected chi connectivity index (χ3v) is 6.24. The van der Waals surface area contributed by atoms with E-state index < -0.39 is 0 Å². The van der Waals surface area contributed by atoms with E-state index in [0.717, 1.165) is 38.7 Å². The van der Waals surface area contributed by atoms with E-state index in [0.29, 0.717) is 12.6 Å². The van der Waals surface area contributed by atoms with Gasteiger partial charge < -0.3 is 20.0 Å². The summed E-state index contributed by atoms with van der Waals surface area (Å²) < 4.78 is 0. The molecule has 0 atom stereocenters. The second-order valence-electron chi connectivity index (χ2n) is 8.23. The van der Waals surface area contributed by atoms with Gasteiger partial charge in [-0.15, -0.1) is 24.0 Å². The third kappa shape index (κ3) is 6.75. The van der Waals surface area contributed by atoms with Gasteiger partial charge in [0.25, 0.3) is 0 Å². The van der Waals surface area contributed by atoms with Crippen molar-refractivity contribution in [3.8, 4) is 0 Å². The topological polar surface area (TPSA) is 51.2 Å². The Balaban J connectivity index is 0.00000320. The van der Waals surface area contributed by atoms with E-state index in [1.54, 1.807) is 6.92 Å². The van der Waals surface area contributed by atoms with Crippen LogP contribution in [-0.4, -0.2) is 67.5 Å². The van der Waals surface area contributed by atoms with Gasteiger partial charge in [-0.1, -0.05) is 31.4 Å². The van der Waals surface area contributed by atoms with Gasteiger partial charge in [-0.2, -0.15) is 0 Å². The van der Waals surface area contributed by atoms with E-state index in [4.69, 9.17) is 4.99 Å². The minimum absolute atomic E-state index is 0. The highest BCUT2D eigenvalue weighted by Gasteiger charge is 2.21. The summed E-state index contributed by atoms with van der Waals surface area (Å²) in [6.07, 6.45) is 6.72. The van der Waals surface area contributed by atoms with Gasteiger partial charge in [-0.3, -0.25) is 4.79 Å². The second-order valence-corrected chi connectivity index (χ2v) is 8.23. The molecular formula is C23H38IN5O.